The number of carbonyl (C=O) groups is 1. The monoisotopic (exact) mass is 209 g/mol. The zero-order valence-electron chi connectivity index (χ0n) is 9.19. The van der Waals surface area contributed by atoms with E-state index < -0.39 is 0 Å². The van der Waals surface area contributed by atoms with Gasteiger partial charge >= 0.3 is 5.97 Å². The summed E-state index contributed by atoms with van der Waals surface area (Å²) in [6.07, 6.45) is 4.61. The fourth-order valence-corrected chi connectivity index (χ4v) is 4.48. The van der Waals surface area contributed by atoms with Crippen LogP contribution in [-0.2, 0) is 9.53 Å². The number of methoxy groups -OCH3 is 1. The fraction of sp³-hybridized carbons (Fsp3) is 0.917. The standard InChI is InChI=1S/C12H19NO2/c1-15-12(14)7-3-8-6-2-10(9(8)4-7)11(13)5-6/h6-11H,2-5,13H2,1H3. The first-order valence-corrected chi connectivity index (χ1v) is 6.04. The van der Waals surface area contributed by atoms with Gasteiger partial charge in [-0.3, -0.25) is 4.79 Å². The van der Waals surface area contributed by atoms with Crippen LogP contribution in [0.5, 0.6) is 0 Å². The molecule has 3 aliphatic rings. The van der Waals surface area contributed by atoms with E-state index in [2.05, 4.69) is 0 Å². The van der Waals surface area contributed by atoms with Gasteiger partial charge in [0.25, 0.3) is 0 Å². The molecule has 3 rings (SSSR count). The summed E-state index contributed by atoms with van der Waals surface area (Å²) in [5.41, 5.74) is 6.11. The third kappa shape index (κ3) is 1.25. The Kier molecular flexibility index (Phi) is 2.06. The van der Waals surface area contributed by atoms with E-state index in [1.807, 2.05) is 0 Å². The van der Waals surface area contributed by atoms with Crippen molar-refractivity contribution in [2.24, 2.45) is 35.3 Å². The highest BCUT2D eigenvalue weighted by Gasteiger charge is 2.56. The number of hydrogen-bond acceptors (Lipinski definition) is 3. The van der Waals surface area contributed by atoms with Gasteiger partial charge in [0.1, 0.15) is 0 Å². The topological polar surface area (TPSA) is 52.3 Å². The highest BCUT2D eigenvalue weighted by molar-refractivity contribution is 5.72. The van der Waals surface area contributed by atoms with E-state index in [0.717, 1.165) is 30.6 Å². The smallest absolute Gasteiger partial charge is 0.308 e. The molecule has 6 unspecified atom stereocenters. The Morgan fingerprint density at radius 3 is 2.60 bits per heavy atom. The van der Waals surface area contributed by atoms with Gasteiger partial charge in [0.05, 0.1) is 13.0 Å². The number of esters is 1. The van der Waals surface area contributed by atoms with Crippen molar-refractivity contribution in [2.75, 3.05) is 7.11 Å². The molecule has 0 radical (unpaired) electrons. The summed E-state index contributed by atoms with van der Waals surface area (Å²) in [6, 6.07) is 0.410. The van der Waals surface area contributed by atoms with E-state index in [1.165, 1.54) is 20.0 Å². The van der Waals surface area contributed by atoms with Crippen molar-refractivity contribution in [1.82, 2.24) is 0 Å². The Balaban J connectivity index is 1.74. The van der Waals surface area contributed by atoms with E-state index in [0.29, 0.717) is 12.0 Å². The van der Waals surface area contributed by atoms with E-state index in [1.54, 1.807) is 0 Å². The van der Waals surface area contributed by atoms with Gasteiger partial charge in [0.2, 0.25) is 0 Å². The number of ether oxygens (including phenoxy) is 1. The lowest BCUT2D eigenvalue weighted by molar-refractivity contribution is -0.145. The number of fused-ring (bicyclic) bond motifs is 5. The summed E-state index contributed by atoms with van der Waals surface area (Å²) in [5.74, 6) is 3.18. The molecular weight excluding hydrogens is 190 g/mol. The molecular formula is C12H19NO2. The molecule has 0 aromatic carbocycles. The zero-order valence-corrected chi connectivity index (χ0v) is 9.19. The summed E-state index contributed by atoms with van der Waals surface area (Å²) in [4.78, 5) is 11.5. The fourth-order valence-electron chi connectivity index (χ4n) is 4.48. The van der Waals surface area contributed by atoms with Crippen molar-refractivity contribution in [3.63, 3.8) is 0 Å². The van der Waals surface area contributed by atoms with Gasteiger partial charge in [0.15, 0.2) is 0 Å². The molecule has 3 nitrogen and oxygen atoms in total. The van der Waals surface area contributed by atoms with Crippen molar-refractivity contribution in [1.29, 1.82) is 0 Å². The molecule has 84 valence electrons. The minimum Gasteiger partial charge on any atom is -0.469 e. The first-order valence-electron chi connectivity index (χ1n) is 6.04. The van der Waals surface area contributed by atoms with Crippen LogP contribution >= 0.6 is 0 Å². The molecule has 2 bridgehead atoms. The molecule has 0 heterocycles. The predicted molar refractivity (Wildman–Crippen MR) is 55.9 cm³/mol. The van der Waals surface area contributed by atoms with E-state index in [-0.39, 0.29) is 11.9 Å². The Labute approximate surface area is 90.4 Å². The van der Waals surface area contributed by atoms with Gasteiger partial charge in [-0.1, -0.05) is 0 Å². The number of rotatable bonds is 1. The summed E-state index contributed by atoms with van der Waals surface area (Å²) in [6.45, 7) is 0. The predicted octanol–water partition coefficient (Wildman–Crippen LogP) is 1.17. The molecule has 3 heteroatoms. The van der Waals surface area contributed by atoms with E-state index in [9.17, 15) is 4.79 Å². The SMILES string of the molecule is COC(=O)C1CC2C3CC(N)C(C3)C2C1. The highest BCUT2D eigenvalue weighted by Crippen LogP contribution is 2.59. The van der Waals surface area contributed by atoms with Crippen LogP contribution in [0.3, 0.4) is 0 Å². The molecule has 3 fully saturated rings. The van der Waals surface area contributed by atoms with Crippen LogP contribution in [-0.4, -0.2) is 19.1 Å². The second-order valence-electron chi connectivity index (χ2n) is 5.58. The Morgan fingerprint density at radius 1 is 1.13 bits per heavy atom. The number of nitrogens with two attached hydrogens (primary N) is 1. The quantitative estimate of drug-likeness (QED) is 0.659. The van der Waals surface area contributed by atoms with Crippen molar-refractivity contribution in [3.8, 4) is 0 Å². The lowest BCUT2D eigenvalue weighted by atomic mass is 9.79. The molecule has 0 aromatic heterocycles. The molecule has 0 aromatic rings. The lowest BCUT2D eigenvalue weighted by Crippen LogP contribution is -2.34. The van der Waals surface area contributed by atoms with Gasteiger partial charge in [-0.25, -0.2) is 0 Å². The number of carbonyl (C=O) groups excluding carboxylic acids is 1. The minimum atomic E-state index is -0.00243. The Morgan fingerprint density at radius 2 is 1.87 bits per heavy atom. The van der Waals surface area contributed by atoms with Crippen LogP contribution in [0.4, 0.5) is 0 Å². The molecule has 0 saturated heterocycles. The van der Waals surface area contributed by atoms with Gasteiger partial charge in [-0.2, -0.15) is 0 Å². The summed E-state index contributed by atoms with van der Waals surface area (Å²) < 4.78 is 4.85. The van der Waals surface area contributed by atoms with Crippen LogP contribution in [0.25, 0.3) is 0 Å². The second kappa shape index (κ2) is 3.21. The van der Waals surface area contributed by atoms with E-state index in [4.69, 9.17) is 10.5 Å². The summed E-state index contributed by atoms with van der Waals surface area (Å²) in [7, 11) is 1.50. The molecule has 2 N–H and O–H groups in total. The third-order valence-corrected chi connectivity index (χ3v) is 5.05. The Bertz CT molecular complexity index is 291. The summed E-state index contributed by atoms with van der Waals surface area (Å²) >= 11 is 0. The molecule has 15 heavy (non-hydrogen) atoms. The van der Waals surface area contributed by atoms with Crippen LogP contribution in [0.1, 0.15) is 25.7 Å². The average molecular weight is 209 g/mol. The van der Waals surface area contributed by atoms with Gasteiger partial charge < -0.3 is 10.5 Å². The minimum absolute atomic E-state index is 0.00243. The van der Waals surface area contributed by atoms with Crippen molar-refractivity contribution in [2.45, 2.75) is 31.7 Å². The zero-order chi connectivity index (χ0) is 10.6. The molecule has 6 atom stereocenters. The molecule has 0 aliphatic heterocycles. The van der Waals surface area contributed by atoms with Crippen molar-refractivity contribution >= 4 is 5.97 Å². The highest BCUT2D eigenvalue weighted by atomic mass is 16.5. The maximum Gasteiger partial charge on any atom is 0.308 e. The molecule has 3 saturated carbocycles. The Hall–Kier alpha value is -0.570. The maximum absolute atomic E-state index is 11.5. The lowest BCUT2D eigenvalue weighted by Gasteiger charge is -2.28. The normalized spacial score (nSPS) is 51.9. The van der Waals surface area contributed by atoms with Crippen LogP contribution in [0, 0.1) is 29.6 Å². The van der Waals surface area contributed by atoms with Crippen LogP contribution in [0.15, 0.2) is 0 Å². The van der Waals surface area contributed by atoms with E-state index >= 15 is 0 Å². The maximum atomic E-state index is 11.5. The van der Waals surface area contributed by atoms with Crippen LogP contribution in [0.2, 0.25) is 0 Å². The van der Waals surface area contributed by atoms with Gasteiger partial charge in [-0.05, 0) is 49.4 Å². The average Bonchev–Trinajstić information content (AvgIpc) is 2.84. The molecule has 0 amide bonds. The van der Waals surface area contributed by atoms with Crippen molar-refractivity contribution in [3.05, 3.63) is 0 Å². The van der Waals surface area contributed by atoms with Crippen molar-refractivity contribution < 1.29 is 9.53 Å². The van der Waals surface area contributed by atoms with Gasteiger partial charge in [0, 0.05) is 6.04 Å². The first kappa shape index (κ1) is 9.64. The third-order valence-electron chi connectivity index (χ3n) is 5.05. The van der Waals surface area contributed by atoms with Crippen LogP contribution < -0.4 is 5.73 Å². The first-order chi connectivity index (χ1) is 7.20. The molecule has 0 spiro atoms. The largest absolute Gasteiger partial charge is 0.469 e. The summed E-state index contributed by atoms with van der Waals surface area (Å²) in [5, 5.41) is 0. The number of hydrogen-bond donors (Lipinski definition) is 1. The molecule has 3 aliphatic carbocycles. The van der Waals surface area contributed by atoms with Gasteiger partial charge in [-0.15, -0.1) is 0 Å². The second-order valence-corrected chi connectivity index (χ2v) is 5.58.